The zero-order valence-electron chi connectivity index (χ0n) is 21.1. The zero-order chi connectivity index (χ0) is 27.4. The van der Waals surface area contributed by atoms with Gasteiger partial charge in [0.15, 0.2) is 0 Å². The van der Waals surface area contributed by atoms with E-state index in [2.05, 4.69) is 0 Å². The molecule has 38 heavy (non-hydrogen) atoms. The van der Waals surface area contributed by atoms with Gasteiger partial charge in [0, 0.05) is 18.1 Å². The highest BCUT2D eigenvalue weighted by Crippen LogP contribution is 2.40. The van der Waals surface area contributed by atoms with Crippen LogP contribution in [-0.4, -0.2) is 41.3 Å². The van der Waals surface area contributed by atoms with E-state index in [9.17, 15) is 17.6 Å². The largest absolute Gasteiger partial charge is 0.497 e. The number of halogens is 2. The van der Waals surface area contributed by atoms with Crippen LogP contribution in [-0.2, 0) is 19.6 Å². The molecule has 0 unspecified atom stereocenters. The molecule has 200 valence electrons. The zero-order valence-corrected chi connectivity index (χ0v) is 22.7. The highest BCUT2D eigenvalue weighted by molar-refractivity contribution is 7.92. The van der Waals surface area contributed by atoms with Crippen molar-refractivity contribution in [1.82, 2.24) is 0 Å². The Balaban J connectivity index is 1.77. The third-order valence-electron chi connectivity index (χ3n) is 6.18. The molecule has 0 radical (unpaired) electrons. The molecule has 1 heterocycles. The van der Waals surface area contributed by atoms with E-state index in [0.29, 0.717) is 28.3 Å². The van der Waals surface area contributed by atoms with Crippen molar-refractivity contribution < 1.29 is 31.8 Å². The van der Waals surface area contributed by atoms with Crippen LogP contribution in [0.2, 0.25) is 5.02 Å². The average Bonchev–Trinajstić information content (AvgIpc) is 2.91. The van der Waals surface area contributed by atoms with Gasteiger partial charge in [0.05, 0.1) is 36.4 Å². The summed E-state index contributed by atoms with van der Waals surface area (Å²) < 4.78 is 59.4. The summed E-state index contributed by atoms with van der Waals surface area (Å²) in [4.78, 5) is 11.8. The van der Waals surface area contributed by atoms with Crippen molar-refractivity contribution in [3.8, 4) is 11.5 Å². The van der Waals surface area contributed by atoms with Crippen LogP contribution in [0.25, 0.3) is 11.6 Å². The number of allylic oxidation sites excluding steroid dienone is 1. The molecule has 3 aromatic carbocycles. The van der Waals surface area contributed by atoms with E-state index in [1.807, 2.05) is 0 Å². The van der Waals surface area contributed by atoms with Gasteiger partial charge in [-0.15, -0.1) is 0 Å². The molecule has 4 rings (SSSR count). The normalized spacial score (nSPS) is 15.4. The standard InChI is InChI=1S/C28H27ClFNO6S/c1-18(28-23(29)8-5-9-24(28)30)14-19-10-12-26-25(15-19)31(17-21(37-26)11-13-27(32)36-3)38(33,34)22-7-4-6-20(16-22)35-2/h4-10,12,14-16,21H,11,13,17H2,1-3H3/b18-14+/t21-/m0/s1. The van der Waals surface area contributed by atoms with E-state index in [4.69, 9.17) is 25.8 Å². The van der Waals surface area contributed by atoms with Crippen molar-refractivity contribution in [2.24, 2.45) is 0 Å². The summed E-state index contributed by atoms with van der Waals surface area (Å²) in [6.07, 6.45) is 1.49. The Kier molecular flexibility index (Phi) is 8.28. The first kappa shape index (κ1) is 27.5. The summed E-state index contributed by atoms with van der Waals surface area (Å²) in [7, 11) is -1.28. The van der Waals surface area contributed by atoms with E-state index < -0.39 is 27.9 Å². The fourth-order valence-corrected chi connectivity index (χ4v) is 6.11. The van der Waals surface area contributed by atoms with Crippen LogP contribution in [0, 0.1) is 5.82 Å². The van der Waals surface area contributed by atoms with E-state index in [0.717, 1.165) is 0 Å². The number of benzene rings is 3. The summed E-state index contributed by atoms with van der Waals surface area (Å²) >= 11 is 6.23. The molecule has 7 nitrogen and oxygen atoms in total. The van der Waals surface area contributed by atoms with E-state index >= 15 is 0 Å². The number of anilines is 1. The fourth-order valence-electron chi connectivity index (χ4n) is 4.26. The minimum atomic E-state index is -4.04. The van der Waals surface area contributed by atoms with Crippen molar-refractivity contribution in [2.45, 2.75) is 30.8 Å². The van der Waals surface area contributed by atoms with E-state index in [1.165, 1.54) is 42.8 Å². The van der Waals surface area contributed by atoms with Crippen LogP contribution in [0.4, 0.5) is 10.1 Å². The minimum Gasteiger partial charge on any atom is -0.497 e. The van der Waals surface area contributed by atoms with Crippen molar-refractivity contribution in [3.05, 3.63) is 82.6 Å². The summed E-state index contributed by atoms with van der Waals surface area (Å²) in [5.74, 6) is -0.125. The van der Waals surface area contributed by atoms with Crippen LogP contribution in [0.15, 0.2) is 65.6 Å². The number of hydrogen-bond donors (Lipinski definition) is 0. The summed E-state index contributed by atoms with van der Waals surface area (Å²) in [5.41, 5.74) is 1.79. The highest BCUT2D eigenvalue weighted by Gasteiger charge is 2.35. The molecule has 1 aliphatic rings. The quantitative estimate of drug-likeness (QED) is 0.250. The number of carbonyl (C=O) groups is 1. The SMILES string of the molecule is COC(=O)CC[C@H]1CN(S(=O)(=O)c2cccc(OC)c2)c2cc(/C=C(\C)c3c(F)cccc3Cl)ccc2O1. The second-order valence-electron chi connectivity index (χ2n) is 8.72. The lowest BCUT2D eigenvalue weighted by Gasteiger charge is -2.35. The van der Waals surface area contributed by atoms with Crippen molar-refractivity contribution in [2.75, 3.05) is 25.1 Å². The van der Waals surface area contributed by atoms with Gasteiger partial charge in [-0.3, -0.25) is 9.10 Å². The molecule has 0 N–H and O–H groups in total. The van der Waals surface area contributed by atoms with Crippen molar-refractivity contribution in [3.63, 3.8) is 0 Å². The van der Waals surface area contributed by atoms with Gasteiger partial charge < -0.3 is 14.2 Å². The molecule has 1 aliphatic heterocycles. The molecular weight excluding hydrogens is 533 g/mol. The van der Waals surface area contributed by atoms with Gasteiger partial charge in [0.2, 0.25) is 0 Å². The molecule has 0 saturated carbocycles. The lowest BCUT2D eigenvalue weighted by Crippen LogP contribution is -2.43. The third kappa shape index (κ3) is 5.79. The van der Waals surface area contributed by atoms with Crippen molar-refractivity contribution >= 4 is 44.9 Å². The Morgan fingerprint density at radius 3 is 2.63 bits per heavy atom. The monoisotopic (exact) mass is 559 g/mol. The molecule has 0 aliphatic carbocycles. The molecule has 0 fully saturated rings. The fraction of sp³-hybridized carbons (Fsp3) is 0.250. The molecule has 0 amide bonds. The average molecular weight is 560 g/mol. The number of ether oxygens (including phenoxy) is 3. The predicted octanol–water partition coefficient (Wildman–Crippen LogP) is 5.96. The maximum Gasteiger partial charge on any atom is 0.305 e. The van der Waals surface area contributed by atoms with Gasteiger partial charge in [-0.25, -0.2) is 12.8 Å². The minimum absolute atomic E-state index is 0.0190. The number of sulfonamides is 1. The predicted molar refractivity (Wildman–Crippen MR) is 145 cm³/mol. The summed E-state index contributed by atoms with van der Waals surface area (Å²) in [6, 6.07) is 15.7. The smallest absolute Gasteiger partial charge is 0.305 e. The Morgan fingerprint density at radius 2 is 1.92 bits per heavy atom. The van der Waals surface area contributed by atoms with Gasteiger partial charge >= 0.3 is 5.97 Å². The molecular formula is C28H27ClFNO6S. The first-order valence-electron chi connectivity index (χ1n) is 11.8. The maximum absolute atomic E-state index is 14.5. The van der Waals surface area contributed by atoms with Gasteiger partial charge in [-0.05, 0) is 60.9 Å². The Labute approximate surface area is 226 Å². The lowest BCUT2D eigenvalue weighted by atomic mass is 10.0. The van der Waals surface area contributed by atoms with Crippen LogP contribution in [0.5, 0.6) is 11.5 Å². The first-order valence-corrected chi connectivity index (χ1v) is 13.6. The number of carbonyl (C=O) groups excluding carboxylic acids is 1. The second-order valence-corrected chi connectivity index (χ2v) is 11.0. The van der Waals surface area contributed by atoms with Gasteiger partial charge in [0.25, 0.3) is 10.0 Å². The number of methoxy groups -OCH3 is 2. The number of hydrogen-bond acceptors (Lipinski definition) is 6. The third-order valence-corrected chi connectivity index (χ3v) is 8.27. The molecule has 1 atom stereocenters. The number of nitrogens with zero attached hydrogens (tertiary/aromatic N) is 1. The lowest BCUT2D eigenvalue weighted by molar-refractivity contribution is -0.141. The molecule has 0 saturated heterocycles. The van der Waals surface area contributed by atoms with Crippen molar-refractivity contribution in [1.29, 1.82) is 0 Å². The highest BCUT2D eigenvalue weighted by atomic mass is 35.5. The molecule has 10 heteroatoms. The Morgan fingerprint density at radius 1 is 1.16 bits per heavy atom. The second kappa shape index (κ2) is 11.4. The molecule has 0 aromatic heterocycles. The van der Waals surface area contributed by atoms with Crippen LogP contribution >= 0.6 is 11.6 Å². The van der Waals surface area contributed by atoms with Crippen LogP contribution in [0.1, 0.15) is 30.9 Å². The van der Waals surface area contributed by atoms with Gasteiger partial charge in [0.1, 0.15) is 23.4 Å². The summed E-state index contributed by atoms with van der Waals surface area (Å²) in [6.45, 7) is 1.71. The maximum atomic E-state index is 14.5. The molecule has 3 aromatic rings. The summed E-state index contributed by atoms with van der Waals surface area (Å²) in [5, 5.41) is 0.274. The number of esters is 1. The topological polar surface area (TPSA) is 82.1 Å². The Hall–Kier alpha value is -3.56. The molecule has 0 spiro atoms. The van der Waals surface area contributed by atoms with Crippen LogP contribution < -0.4 is 13.8 Å². The number of fused-ring (bicyclic) bond motifs is 1. The number of rotatable bonds is 8. The molecule has 0 bridgehead atoms. The van der Waals surface area contributed by atoms with Crippen LogP contribution in [0.3, 0.4) is 0 Å². The van der Waals surface area contributed by atoms with Gasteiger partial charge in [-0.1, -0.05) is 35.9 Å². The van der Waals surface area contributed by atoms with E-state index in [1.54, 1.807) is 49.4 Å². The first-order chi connectivity index (χ1) is 18.1. The Bertz CT molecular complexity index is 1470. The van der Waals surface area contributed by atoms with E-state index in [-0.39, 0.29) is 34.9 Å². The van der Waals surface area contributed by atoms with Gasteiger partial charge in [-0.2, -0.15) is 0 Å².